The normalized spacial score (nSPS) is 21.3. The van der Waals surface area contributed by atoms with Crippen molar-refractivity contribution in [2.75, 3.05) is 11.5 Å². The molecular weight excluding hydrogens is 244 g/mol. The predicted octanol–water partition coefficient (Wildman–Crippen LogP) is 2.09. The summed E-state index contributed by atoms with van der Waals surface area (Å²) in [5.74, 6) is 2.32. The first-order valence-electron chi connectivity index (χ1n) is 6.43. The summed E-state index contributed by atoms with van der Waals surface area (Å²) < 4.78 is 0. The number of hydrogen-bond donors (Lipinski definition) is 2. The van der Waals surface area contributed by atoms with Crippen LogP contribution < -0.4 is 11.1 Å². The van der Waals surface area contributed by atoms with E-state index >= 15 is 0 Å². The largest absolute Gasteiger partial charge is 0.352 e. The summed E-state index contributed by atoms with van der Waals surface area (Å²) in [5, 5.41) is 3.08. The van der Waals surface area contributed by atoms with E-state index < -0.39 is 0 Å². The highest BCUT2D eigenvalue weighted by molar-refractivity contribution is 7.99. The molecule has 98 valence electrons. The molecule has 0 aromatic heterocycles. The summed E-state index contributed by atoms with van der Waals surface area (Å²) in [6, 6.07) is 9.91. The lowest BCUT2D eigenvalue weighted by molar-refractivity contribution is -0.122. The van der Waals surface area contributed by atoms with Crippen molar-refractivity contribution in [1.29, 1.82) is 0 Å². The molecule has 0 aliphatic carbocycles. The smallest absolute Gasteiger partial charge is 0.222 e. The fraction of sp³-hybridized carbons (Fsp3) is 0.500. The van der Waals surface area contributed by atoms with Gasteiger partial charge in [-0.15, -0.1) is 0 Å². The average Bonchev–Trinajstić information content (AvgIpc) is 2.40. The van der Waals surface area contributed by atoms with Crippen molar-refractivity contribution in [2.24, 2.45) is 5.73 Å². The molecule has 1 aromatic carbocycles. The highest BCUT2D eigenvalue weighted by atomic mass is 32.2. The number of hydrogen-bond acceptors (Lipinski definition) is 3. The third-order valence-corrected chi connectivity index (χ3v) is 4.37. The van der Waals surface area contributed by atoms with Crippen molar-refractivity contribution in [3.63, 3.8) is 0 Å². The number of carbonyl (C=O) groups is 1. The van der Waals surface area contributed by atoms with Crippen molar-refractivity contribution >= 4 is 17.7 Å². The summed E-state index contributed by atoms with van der Waals surface area (Å²) >= 11 is 1.91. The van der Waals surface area contributed by atoms with E-state index in [-0.39, 0.29) is 11.9 Å². The van der Waals surface area contributed by atoms with Crippen LogP contribution in [0.4, 0.5) is 0 Å². The van der Waals surface area contributed by atoms with Crippen molar-refractivity contribution < 1.29 is 4.79 Å². The van der Waals surface area contributed by atoms with Crippen molar-refractivity contribution in [2.45, 2.75) is 31.3 Å². The van der Waals surface area contributed by atoms with Gasteiger partial charge in [0.25, 0.3) is 0 Å². The lowest BCUT2D eigenvalue weighted by Crippen LogP contribution is -2.39. The van der Waals surface area contributed by atoms with E-state index in [4.69, 9.17) is 5.73 Å². The number of nitrogens with two attached hydrogens (primary N) is 1. The standard InChI is InChI=1S/C14H20N2OS/c15-13(11-5-2-1-3-6-11)9-14(17)16-12-7-4-8-18-10-12/h1-3,5-6,12-13H,4,7-10,15H2,(H,16,17). The zero-order chi connectivity index (χ0) is 12.8. The van der Waals surface area contributed by atoms with Crippen molar-refractivity contribution in [1.82, 2.24) is 5.32 Å². The van der Waals surface area contributed by atoms with E-state index in [0.717, 1.165) is 17.7 Å². The molecule has 0 bridgehead atoms. The maximum absolute atomic E-state index is 11.9. The molecule has 0 spiro atoms. The van der Waals surface area contributed by atoms with E-state index in [9.17, 15) is 4.79 Å². The number of carbonyl (C=O) groups excluding carboxylic acids is 1. The quantitative estimate of drug-likeness (QED) is 0.875. The number of benzene rings is 1. The van der Waals surface area contributed by atoms with Crippen LogP contribution in [0.25, 0.3) is 0 Å². The van der Waals surface area contributed by atoms with E-state index in [1.807, 2.05) is 42.1 Å². The summed E-state index contributed by atoms with van der Waals surface area (Å²) in [6.07, 6.45) is 2.66. The molecule has 1 saturated heterocycles. The van der Waals surface area contributed by atoms with Gasteiger partial charge in [0.2, 0.25) is 5.91 Å². The fourth-order valence-electron chi connectivity index (χ4n) is 2.16. The molecule has 2 rings (SSSR count). The van der Waals surface area contributed by atoms with Gasteiger partial charge in [0.05, 0.1) is 0 Å². The minimum atomic E-state index is -0.206. The molecule has 3 N–H and O–H groups in total. The van der Waals surface area contributed by atoms with Crippen LogP contribution in [0.2, 0.25) is 0 Å². The lowest BCUT2D eigenvalue weighted by Gasteiger charge is -2.23. The molecule has 1 fully saturated rings. The van der Waals surface area contributed by atoms with Crippen LogP contribution in [0.1, 0.15) is 30.9 Å². The summed E-state index contributed by atoms with van der Waals surface area (Å²) in [6.45, 7) is 0. The first-order chi connectivity index (χ1) is 8.75. The Balaban J connectivity index is 1.80. The first-order valence-corrected chi connectivity index (χ1v) is 7.59. The van der Waals surface area contributed by atoms with E-state index in [0.29, 0.717) is 12.5 Å². The van der Waals surface area contributed by atoms with Gasteiger partial charge in [0.1, 0.15) is 0 Å². The Morgan fingerprint density at radius 1 is 1.44 bits per heavy atom. The van der Waals surface area contributed by atoms with Crippen molar-refractivity contribution in [3.05, 3.63) is 35.9 Å². The molecular formula is C14H20N2OS. The molecule has 4 heteroatoms. The topological polar surface area (TPSA) is 55.1 Å². The van der Waals surface area contributed by atoms with Gasteiger partial charge in [-0.3, -0.25) is 4.79 Å². The number of rotatable bonds is 4. The van der Waals surface area contributed by atoms with Gasteiger partial charge in [0, 0.05) is 24.3 Å². The molecule has 2 unspecified atom stereocenters. The second kappa shape index (κ2) is 6.81. The predicted molar refractivity (Wildman–Crippen MR) is 76.5 cm³/mol. The molecule has 1 amide bonds. The second-order valence-electron chi connectivity index (χ2n) is 4.70. The SMILES string of the molecule is NC(CC(=O)NC1CCCSC1)c1ccccc1. The van der Waals surface area contributed by atoms with Crippen molar-refractivity contribution in [3.8, 4) is 0 Å². The highest BCUT2D eigenvalue weighted by Crippen LogP contribution is 2.18. The summed E-state index contributed by atoms with van der Waals surface area (Å²) in [5.41, 5.74) is 7.05. The second-order valence-corrected chi connectivity index (χ2v) is 5.85. The summed E-state index contributed by atoms with van der Waals surface area (Å²) in [4.78, 5) is 11.9. The Morgan fingerprint density at radius 3 is 2.89 bits per heavy atom. The lowest BCUT2D eigenvalue weighted by atomic mass is 10.0. The maximum atomic E-state index is 11.9. The minimum absolute atomic E-state index is 0.0684. The minimum Gasteiger partial charge on any atom is -0.352 e. The Hall–Kier alpha value is -1.00. The Morgan fingerprint density at radius 2 is 2.22 bits per heavy atom. The van der Waals surface area contributed by atoms with Gasteiger partial charge in [-0.1, -0.05) is 30.3 Å². The third-order valence-electron chi connectivity index (χ3n) is 3.16. The van der Waals surface area contributed by atoms with Crippen LogP contribution >= 0.6 is 11.8 Å². The molecule has 0 radical (unpaired) electrons. The van der Waals surface area contributed by atoms with Gasteiger partial charge in [-0.05, 0) is 24.2 Å². The Kier molecular flexibility index (Phi) is 5.08. The zero-order valence-corrected chi connectivity index (χ0v) is 11.3. The zero-order valence-electron chi connectivity index (χ0n) is 10.5. The number of amides is 1. The van der Waals surface area contributed by atoms with Gasteiger partial charge in [0.15, 0.2) is 0 Å². The molecule has 1 aromatic rings. The number of nitrogens with one attached hydrogen (secondary N) is 1. The van der Waals surface area contributed by atoms with Crippen LogP contribution in [-0.4, -0.2) is 23.5 Å². The van der Waals surface area contributed by atoms with Gasteiger partial charge in [-0.2, -0.15) is 11.8 Å². The van der Waals surface area contributed by atoms with E-state index in [1.165, 1.54) is 12.2 Å². The van der Waals surface area contributed by atoms with E-state index in [2.05, 4.69) is 5.32 Å². The molecule has 18 heavy (non-hydrogen) atoms. The molecule has 1 heterocycles. The molecule has 1 aliphatic rings. The van der Waals surface area contributed by atoms with Crippen LogP contribution in [0.5, 0.6) is 0 Å². The number of thioether (sulfide) groups is 1. The maximum Gasteiger partial charge on any atom is 0.222 e. The molecule has 3 nitrogen and oxygen atoms in total. The fourth-order valence-corrected chi connectivity index (χ4v) is 3.23. The molecule has 2 atom stereocenters. The summed E-state index contributed by atoms with van der Waals surface area (Å²) in [7, 11) is 0. The van der Waals surface area contributed by atoms with Crippen LogP contribution in [0, 0.1) is 0 Å². The molecule has 0 saturated carbocycles. The van der Waals surface area contributed by atoms with E-state index in [1.54, 1.807) is 0 Å². The Bertz CT molecular complexity index is 377. The average molecular weight is 264 g/mol. The van der Waals surface area contributed by atoms with Gasteiger partial charge >= 0.3 is 0 Å². The third kappa shape index (κ3) is 4.03. The van der Waals surface area contributed by atoms with Crippen LogP contribution in [-0.2, 0) is 4.79 Å². The highest BCUT2D eigenvalue weighted by Gasteiger charge is 2.18. The van der Waals surface area contributed by atoms with Gasteiger partial charge < -0.3 is 11.1 Å². The monoisotopic (exact) mass is 264 g/mol. The van der Waals surface area contributed by atoms with Crippen LogP contribution in [0.15, 0.2) is 30.3 Å². The van der Waals surface area contributed by atoms with Gasteiger partial charge in [-0.25, -0.2) is 0 Å². The molecule has 1 aliphatic heterocycles. The first kappa shape index (κ1) is 13.4. The van der Waals surface area contributed by atoms with Crippen LogP contribution in [0.3, 0.4) is 0 Å². The Labute approximate surface area is 113 Å².